The van der Waals surface area contributed by atoms with Crippen molar-refractivity contribution in [3.63, 3.8) is 0 Å². The Morgan fingerprint density at radius 1 is 1.20 bits per heavy atom. The number of hydrogen-bond acceptors (Lipinski definition) is 4. The molecule has 0 spiro atoms. The van der Waals surface area contributed by atoms with Crippen molar-refractivity contribution in [3.8, 4) is 11.3 Å². The van der Waals surface area contributed by atoms with Crippen molar-refractivity contribution in [2.24, 2.45) is 0 Å². The van der Waals surface area contributed by atoms with Gasteiger partial charge in [-0.05, 0) is 45.0 Å². The summed E-state index contributed by atoms with van der Waals surface area (Å²) in [5.74, 6) is -0.307. The second-order valence-corrected chi connectivity index (χ2v) is 8.98. The Bertz CT molecular complexity index is 731. The Balaban J connectivity index is 2.53. The van der Waals surface area contributed by atoms with Crippen molar-refractivity contribution in [2.45, 2.75) is 25.5 Å². The van der Waals surface area contributed by atoms with Crippen molar-refractivity contribution < 1.29 is 12.8 Å². The molecule has 2 aromatic rings. The third kappa shape index (κ3) is 2.62. The maximum atomic E-state index is 13.0. The molecular weight excluding hydrogens is 297 g/mol. The first kappa shape index (κ1) is 15.1. The molecule has 0 bridgehead atoms. The Kier molecular flexibility index (Phi) is 3.73. The fourth-order valence-electron chi connectivity index (χ4n) is 1.69. The summed E-state index contributed by atoms with van der Waals surface area (Å²) in [6.45, 7) is 5.18. The van der Waals surface area contributed by atoms with E-state index in [1.165, 1.54) is 29.7 Å². The summed E-state index contributed by atoms with van der Waals surface area (Å²) in [5, 5.41) is 0.553. The lowest BCUT2D eigenvalue weighted by atomic mass is 10.1. The molecule has 0 aliphatic rings. The van der Waals surface area contributed by atoms with Crippen LogP contribution in [0.3, 0.4) is 0 Å². The second kappa shape index (κ2) is 4.93. The highest BCUT2D eigenvalue weighted by molar-refractivity contribution is 7.91. The molecule has 0 aliphatic heterocycles. The molecule has 0 aliphatic carbocycles. The van der Waals surface area contributed by atoms with Gasteiger partial charge in [0, 0.05) is 16.7 Å². The van der Waals surface area contributed by atoms with Crippen molar-refractivity contribution in [3.05, 3.63) is 40.0 Å². The van der Waals surface area contributed by atoms with E-state index >= 15 is 0 Å². The summed E-state index contributed by atoms with van der Waals surface area (Å²) >= 11 is 1.36. The predicted octanol–water partition coefficient (Wildman–Crippen LogP) is 3.54. The standard InChI is InChI=1S/C14H16FNO2S2/c1-9-12(10-5-7-11(15)8-6-10)16-13(19-9)14(2,3)20(4,17)18/h5-8H,1-4H3. The van der Waals surface area contributed by atoms with Crippen LogP contribution in [-0.2, 0) is 14.6 Å². The summed E-state index contributed by atoms with van der Waals surface area (Å²) in [4.78, 5) is 5.38. The van der Waals surface area contributed by atoms with E-state index in [0.717, 1.165) is 10.4 Å². The van der Waals surface area contributed by atoms with Crippen LogP contribution in [0.15, 0.2) is 24.3 Å². The minimum Gasteiger partial charge on any atom is -0.239 e. The van der Waals surface area contributed by atoms with E-state index in [-0.39, 0.29) is 5.82 Å². The Hall–Kier alpha value is -1.27. The van der Waals surface area contributed by atoms with Gasteiger partial charge in [-0.15, -0.1) is 11.3 Å². The average Bonchev–Trinajstić information content (AvgIpc) is 2.71. The molecule has 0 N–H and O–H groups in total. The van der Waals surface area contributed by atoms with Crippen molar-refractivity contribution in [1.29, 1.82) is 0 Å². The highest BCUT2D eigenvalue weighted by Crippen LogP contribution is 2.36. The predicted molar refractivity (Wildman–Crippen MR) is 80.1 cm³/mol. The van der Waals surface area contributed by atoms with Gasteiger partial charge in [0.1, 0.15) is 15.6 Å². The van der Waals surface area contributed by atoms with Crippen LogP contribution >= 0.6 is 11.3 Å². The van der Waals surface area contributed by atoms with Crippen LogP contribution in [0.1, 0.15) is 23.7 Å². The fraction of sp³-hybridized carbons (Fsp3) is 0.357. The number of sulfone groups is 1. The molecule has 0 unspecified atom stereocenters. The number of aromatic nitrogens is 1. The normalized spacial score (nSPS) is 12.7. The van der Waals surface area contributed by atoms with E-state index in [1.54, 1.807) is 26.0 Å². The molecule has 2 rings (SSSR count). The Labute approximate surface area is 122 Å². The first-order valence-electron chi connectivity index (χ1n) is 6.06. The molecule has 1 aromatic carbocycles. The van der Waals surface area contributed by atoms with Crippen LogP contribution in [0.5, 0.6) is 0 Å². The molecule has 0 saturated heterocycles. The number of hydrogen-bond donors (Lipinski definition) is 0. The molecule has 0 atom stereocenters. The first-order chi connectivity index (χ1) is 9.13. The minimum atomic E-state index is -3.26. The lowest BCUT2D eigenvalue weighted by Gasteiger charge is -2.19. The molecule has 1 heterocycles. The number of rotatable bonds is 3. The van der Waals surface area contributed by atoms with E-state index in [0.29, 0.717) is 10.7 Å². The van der Waals surface area contributed by atoms with Gasteiger partial charge in [0.2, 0.25) is 0 Å². The van der Waals surface area contributed by atoms with Gasteiger partial charge in [0.05, 0.1) is 5.69 Å². The number of halogens is 1. The molecule has 0 radical (unpaired) electrons. The molecule has 1 aromatic heterocycles. The quantitative estimate of drug-likeness (QED) is 0.871. The molecule has 0 amide bonds. The molecule has 20 heavy (non-hydrogen) atoms. The lowest BCUT2D eigenvalue weighted by molar-refractivity contribution is 0.560. The van der Waals surface area contributed by atoms with Gasteiger partial charge in [0.25, 0.3) is 0 Å². The van der Waals surface area contributed by atoms with Crippen LogP contribution in [0.4, 0.5) is 4.39 Å². The van der Waals surface area contributed by atoms with E-state index in [2.05, 4.69) is 4.98 Å². The van der Waals surface area contributed by atoms with E-state index in [4.69, 9.17) is 0 Å². The largest absolute Gasteiger partial charge is 0.239 e. The monoisotopic (exact) mass is 313 g/mol. The number of nitrogens with zero attached hydrogens (tertiary/aromatic N) is 1. The van der Waals surface area contributed by atoms with Crippen LogP contribution in [0.2, 0.25) is 0 Å². The van der Waals surface area contributed by atoms with Crippen LogP contribution in [0, 0.1) is 12.7 Å². The Morgan fingerprint density at radius 2 is 1.75 bits per heavy atom. The Morgan fingerprint density at radius 3 is 2.25 bits per heavy atom. The highest BCUT2D eigenvalue weighted by atomic mass is 32.2. The summed E-state index contributed by atoms with van der Waals surface area (Å²) in [6.07, 6.45) is 1.21. The second-order valence-electron chi connectivity index (χ2n) is 5.21. The van der Waals surface area contributed by atoms with E-state index in [1.807, 2.05) is 6.92 Å². The molecular formula is C14H16FNO2S2. The summed E-state index contributed by atoms with van der Waals surface area (Å²) < 4.78 is 35.7. The van der Waals surface area contributed by atoms with E-state index in [9.17, 15) is 12.8 Å². The van der Waals surface area contributed by atoms with Gasteiger partial charge in [-0.25, -0.2) is 17.8 Å². The molecule has 108 valence electrons. The highest BCUT2D eigenvalue weighted by Gasteiger charge is 2.36. The number of thiazole rings is 1. The zero-order valence-corrected chi connectivity index (χ0v) is 13.4. The maximum absolute atomic E-state index is 13.0. The maximum Gasteiger partial charge on any atom is 0.159 e. The van der Waals surface area contributed by atoms with Gasteiger partial charge in [-0.3, -0.25) is 0 Å². The topological polar surface area (TPSA) is 47.0 Å². The summed E-state index contributed by atoms with van der Waals surface area (Å²) in [5.41, 5.74) is 1.50. The van der Waals surface area contributed by atoms with Crippen molar-refractivity contribution in [1.82, 2.24) is 4.98 Å². The van der Waals surface area contributed by atoms with Crippen molar-refractivity contribution >= 4 is 21.2 Å². The summed E-state index contributed by atoms with van der Waals surface area (Å²) in [7, 11) is -3.26. The summed E-state index contributed by atoms with van der Waals surface area (Å²) in [6, 6.07) is 6.04. The van der Waals surface area contributed by atoms with Gasteiger partial charge in [-0.1, -0.05) is 0 Å². The lowest BCUT2D eigenvalue weighted by Crippen LogP contribution is -2.27. The molecule has 3 nitrogen and oxygen atoms in total. The van der Waals surface area contributed by atoms with E-state index < -0.39 is 14.6 Å². The van der Waals surface area contributed by atoms with Gasteiger partial charge in [-0.2, -0.15) is 0 Å². The zero-order chi connectivity index (χ0) is 15.1. The molecule has 6 heteroatoms. The average molecular weight is 313 g/mol. The number of aryl methyl sites for hydroxylation is 1. The first-order valence-corrected chi connectivity index (χ1v) is 8.77. The number of benzene rings is 1. The molecule has 0 fully saturated rings. The van der Waals surface area contributed by atoms with Gasteiger partial charge in [0.15, 0.2) is 9.84 Å². The zero-order valence-electron chi connectivity index (χ0n) is 11.8. The van der Waals surface area contributed by atoms with Crippen LogP contribution in [-0.4, -0.2) is 19.7 Å². The third-order valence-electron chi connectivity index (χ3n) is 3.36. The van der Waals surface area contributed by atoms with Crippen molar-refractivity contribution in [2.75, 3.05) is 6.26 Å². The SMILES string of the molecule is Cc1sc(C(C)(C)S(C)(=O)=O)nc1-c1ccc(F)cc1. The minimum absolute atomic E-state index is 0.307. The van der Waals surface area contributed by atoms with Gasteiger partial charge < -0.3 is 0 Å². The smallest absolute Gasteiger partial charge is 0.159 e. The third-order valence-corrected chi connectivity index (χ3v) is 6.83. The van der Waals surface area contributed by atoms with Gasteiger partial charge >= 0.3 is 0 Å². The van der Waals surface area contributed by atoms with Crippen LogP contribution in [0.25, 0.3) is 11.3 Å². The van der Waals surface area contributed by atoms with Crippen LogP contribution < -0.4 is 0 Å². The molecule has 0 saturated carbocycles. The fourth-order valence-corrected chi connectivity index (χ4v) is 3.56.